The van der Waals surface area contributed by atoms with Crippen LogP contribution in [-0.2, 0) is 19.4 Å². The predicted molar refractivity (Wildman–Crippen MR) is 121 cm³/mol. The molecule has 0 saturated carbocycles. The molecule has 4 heteroatoms. The number of hydrogen-bond donors (Lipinski definition) is 1. The van der Waals surface area contributed by atoms with Crippen LogP contribution >= 0.6 is 11.6 Å². The van der Waals surface area contributed by atoms with Crippen molar-refractivity contribution in [1.29, 1.82) is 0 Å². The summed E-state index contributed by atoms with van der Waals surface area (Å²) in [6, 6.07) is 21.4. The van der Waals surface area contributed by atoms with Crippen LogP contribution in [0.1, 0.15) is 58.4 Å². The van der Waals surface area contributed by atoms with Gasteiger partial charge in [0.15, 0.2) is 0 Å². The number of carbonyl (C=O) groups is 1. The van der Waals surface area contributed by atoms with Crippen LogP contribution in [0.15, 0.2) is 66.7 Å². The van der Waals surface area contributed by atoms with E-state index >= 15 is 0 Å². The Labute approximate surface area is 183 Å². The lowest BCUT2D eigenvalue weighted by Crippen LogP contribution is -2.26. The van der Waals surface area contributed by atoms with E-state index in [2.05, 4.69) is 23.5 Å². The van der Waals surface area contributed by atoms with Gasteiger partial charge in [-0.2, -0.15) is 0 Å². The van der Waals surface area contributed by atoms with E-state index in [4.69, 9.17) is 16.3 Å². The molecule has 0 bridgehead atoms. The van der Waals surface area contributed by atoms with Crippen molar-refractivity contribution in [2.24, 2.45) is 0 Å². The van der Waals surface area contributed by atoms with Crippen molar-refractivity contribution < 1.29 is 9.53 Å². The van der Waals surface area contributed by atoms with Gasteiger partial charge in [0, 0.05) is 16.1 Å². The first kappa shape index (κ1) is 20.5. The van der Waals surface area contributed by atoms with E-state index in [0.717, 1.165) is 17.5 Å². The van der Waals surface area contributed by atoms with Crippen LogP contribution in [-0.4, -0.2) is 5.91 Å². The number of rotatable bonds is 6. The van der Waals surface area contributed by atoms with Gasteiger partial charge in [0.2, 0.25) is 0 Å². The van der Waals surface area contributed by atoms with E-state index in [1.165, 1.54) is 30.4 Å². The van der Waals surface area contributed by atoms with E-state index in [1.807, 2.05) is 43.3 Å². The summed E-state index contributed by atoms with van der Waals surface area (Å²) in [5, 5.41) is 3.79. The van der Waals surface area contributed by atoms with Crippen LogP contribution in [0.25, 0.3) is 0 Å². The molecule has 4 rings (SSSR count). The van der Waals surface area contributed by atoms with Gasteiger partial charge in [-0.1, -0.05) is 48.0 Å². The molecule has 0 spiro atoms. The Morgan fingerprint density at radius 2 is 1.73 bits per heavy atom. The second-order valence-corrected chi connectivity index (χ2v) is 8.24. The van der Waals surface area contributed by atoms with Gasteiger partial charge in [0.25, 0.3) is 5.91 Å². The van der Waals surface area contributed by atoms with Gasteiger partial charge in [0.1, 0.15) is 12.4 Å². The molecule has 0 radical (unpaired) electrons. The number of benzene rings is 3. The van der Waals surface area contributed by atoms with Crippen molar-refractivity contribution in [1.82, 2.24) is 5.32 Å². The molecular weight excluding hydrogens is 394 g/mol. The maximum Gasteiger partial charge on any atom is 0.251 e. The third kappa shape index (κ3) is 4.85. The number of fused-ring (bicyclic) bond motifs is 1. The quantitative estimate of drug-likeness (QED) is 0.510. The van der Waals surface area contributed by atoms with Gasteiger partial charge in [-0.15, -0.1) is 0 Å². The highest BCUT2D eigenvalue weighted by molar-refractivity contribution is 6.31. The second-order valence-electron chi connectivity index (χ2n) is 7.83. The number of nitrogens with one attached hydrogen (secondary N) is 1. The van der Waals surface area contributed by atoms with Crippen molar-refractivity contribution in [3.63, 3.8) is 0 Å². The monoisotopic (exact) mass is 419 g/mol. The first-order chi connectivity index (χ1) is 14.6. The van der Waals surface area contributed by atoms with E-state index in [-0.39, 0.29) is 11.9 Å². The molecule has 3 aromatic rings. The van der Waals surface area contributed by atoms with Crippen molar-refractivity contribution in [2.75, 3.05) is 0 Å². The Morgan fingerprint density at radius 3 is 2.50 bits per heavy atom. The summed E-state index contributed by atoms with van der Waals surface area (Å²) < 4.78 is 5.79. The standard InChI is InChI=1S/C26H26ClNO2/c1-18(21-11-10-19-6-2-3-7-22(19)16-21)28-26(29)20-12-14-24(15-13-20)30-17-23-8-4-5-9-25(23)27/h4-5,8-16,18H,2-3,6-7,17H2,1H3,(H,28,29). The third-order valence-corrected chi connectivity index (χ3v) is 6.06. The number of aryl methyl sites for hydroxylation is 2. The Balaban J connectivity index is 1.36. The molecule has 30 heavy (non-hydrogen) atoms. The molecule has 1 unspecified atom stereocenters. The second kappa shape index (κ2) is 9.36. The minimum atomic E-state index is -0.0853. The summed E-state index contributed by atoms with van der Waals surface area (Å²) in [6.45, 7) is 2.42. The average Bonchev–Trinajstić information content (AvgIpc) is 2.78. The molecular formula is C26H26ClNO2. The number of amides is 1. The molecule has 1 aliphatic rings. The summed E-state index contributed by atoms with van der Waals surface area (Å²) in [5.74, 6) is 0.618. The lowest BCUT2D eigenvalue weighted by atomic mass is 9.89. The lowest BCUT2D eigenvalue weighted by molar-refractivity contribution is 0.0940. The minimum Gasteiger partial charge on any atom is -0.489 e. The molecule has 0 heterocycles. The van der Waals surface area contributed by atoms with Gasteiger partial charge in [-0.05, 0) is 79.6 Å². The van der Waals surface area contributed by atoms with E-state index < -0.39 is 0 Å². The fourth-order valence-electron chi connectivity index (χ4n) is 3.87. The average molecular weight is 420 g/mol. The minimum absolute atomic E-state index is 0.0409. The molecule has 3 aromatic carbocycles. The molecule has 154 valence electrons. The molecule has 0 fully saturated rings. The zero-order valence-electron chi connectivity index (χ0n) is 17.2. The lowest BCUT2D eigenvalue weighted by Gasteiger charge is -2.20. The van der Waals surface area contributed by atoms with Crippen LogP contribution in [0.4, 0.5) is 0 Å². The Kier molecular flexibility index (Phi) is 6.39. The summed E-state index contributed by atoms with van der Waals surface area (Å²) in [5.41, 5.74) is 5.59. The summed E-state index contributed by atoms with van der Waals surface area (Å²) in [6.07, 6.45) is 4.83. The smallest absolute Gasteiger partial charge is 0.251 e. The van der Waals surface area contributed by atoms with Crippen LogP contribution in [0.3, 0.4) is 0 Å². The third-order valence-electron chi connectivity index (χ3n) is 5.69. The van der Waals surface area contributed by atoms with Crippen molar-refractivity contribution in [3.8, 4) is 5.75 Å². The largest absolute Gasteiger partial charge is 0.489 e. The molecule has 0 aromatic heterocycles. The topological polar surface area (TPSA) is 38.3 Å². The van der Waals surface area contributed by atoms with Crippen molar-refractivity contribution in [2.45, 2.75) is 45.3 Å². The van der Waals surface area contributed by atoms with Gasteiger partial charge in [-0.3, -0.25) is 4.79 Å². The summed E-state index contributed by atoms with van der Waals surface area (Å²) >= 11 is 6.16. The molecule has 1 aliphatic carbocycles. The number of halogens is 1. The fourth-order valence-corrected chi connectivity index (χ4v) is 4.06. The van der Waals surface area contributed by atoms with Crippen molar-refractivity contribution in [3.05, 3.63) is 99.6 Å². The van der Waals surface area contributed by atoms with Crippen LogP contribution in [0.2, 0.25) is 5.02 Å². The van der Waals surface area contributed by atoms with Gasteiger partial charge in [0.05, 0.1) is 6.04 Å². The maximum absolute atomic E-state index is 12.7. The highest BCUT2D eigenvalue weighted by Crippen LogP contribution is 2.25. The molecule has 0 aliphatic heterocycles. The molecule has 1 amide bonds. The van der Waals surface area contributed by atoms with Gasteiger partial charge >= 0.3 is 0 Å². The molecule has 0 saturated heterocycles. The normalized spacial score (nSPS) is 13.9. The molecule has 1 N–H and O–H groups in total. The molecule has 3 nitrogen and oxygen atoms in total. The molecule has 1 atom stereocenters. The van der Waals surface area contributed by atoms with E-state index in [9.17, 15) is 4.79 Å². The van der Waals surface area contributed by atoms with Gasteiger partial charge < -0.3 is 10.1 Å². The maximum atomic E-state index is 12.7. The highest BCUT2D eigenvalue weighted by atomic mass is 35.5. The van der Waals surface area contributed by atoms with Gasteiger partial charge in [-0.25, -0.2) is 0 Å². The van der Waals surface area contributed by atoms with E-state index in [1.54, 1.807) is 12.1 Å². The Morgan fingerprint density at radius 1 is 1.00 bits per heavy atom. The Bertz CT molecular complexity index is 1030. The van der Waals surface area contributed by atoms with Crippen LogP contribution < -0.4 is 10.1 Å². The van der Waals surface area contributed by atoms with Crippen LogP contribution in [0.5, 0.6) is 5.75 Å². The van der Waals surface area contributed by atoms with E-state index in [0.29, 0.717) is 22.9 Å². The zero-order chi connectivity index (χ0) is 20.9. The van der Waals surface area contributed by atoms with Crippen molar-refractivity contribution >= 4 is 17.5 Å². The first-order valence-electron chi connectivity index (χ1n) is 10.5. The SMILES string of the molecule is CC(NC(=O)c1ccc(OCc2ccccc2Cl)cc1)c1ccc2c(c1)CCCC2. The predicted octanol–water partition coefficient (Wildman–Crippen LogP) is 6.29. The summed E-state index contributed by atoms with van der Waals surface area (Å²) in [4.78, 5) is 12.7. The Hall–Kier alpha value is -2.78. The number of ether oxygens (including phenoxy) is 1. The van der Waals surface area contributed by atoms with Crippen LogP contribution in [0, 0.1) is 0 Å². The first-order valence-corrected chi connectivity index (χ1v) is 10.9. The highest BCUT2D eigenvalue weighted by Gasteiger charge is 2.15. The zero-order valence-corrected chi connectivity index (χ0v) is 17.9. The fraction of sp³-hybridized carbons (Fsp3) is 0.269. The summed E-state index contributed by atoms with van der Waals surface area (Å²) in [7, 11) is 0. The number of hydrogen-bond acceptors (Lipinski definition) is 2. The number of carbonyl (C=O) groups excluding carboxylic acids is 1.